The predicted molar refractivity (Wildman–Crippen MR) is 116 cm³/mol. The van der Waals surface area contributed by atoms with Crippen molar-refractivity contribution in [3.05, 3.63) is 57.6 Å². The quantitative estimate of drug-likeness (QED) is 0.728. The van der Waals surface area contributed by atoms with Gasteiger partial charge in [-0.1, -0.05) is 56.1 Å². The standard InChI is InChI=1S/C22H24Cl2N2O3/c1-13(27)25-19-18-16(23)9-10-17(24)20(18)26(21(19)28)11-12-29-15-7-5-14(6-8-15)22(2,3)4/h5-10,19H,11-12H2,1-4H3,(H,25,27). The third kappa shape index (κ3) is 4.51. The molecule has 1 N–H and O–H groups in total. The Morgan fingerprint density at radius 3 is 2.31 bits per heavy atom. The van der Waals surface area contributed by atoms with Crippen LogP contribution in [-0.4, -0.2) is 25.0 Å². The third-order valence-corrected chi connectivity index (χ3v) is 5.47. The summed E-state index contributed by atoms with van der Waals surface area (Å²) < 4.78 is 5.83. The van der Waals surface area contributed by atoms with Crippen LogP contribution in [-0.2, 0) is 15.0 Å². The van der Waals surface area contributed by atoms with Crippen LogP contribution in [0.2, 0.25) is 10.0 Å². The van der Waals surface area contributed by atoms with Crippen molar-refractivity contribution in [1.29, 1.82) is 0 Å². The molecule has 0 saturated carbocycles. The van der Waals surface area contributed by atoms with Gasteiger partial charge >= 0.3 is 0 Å². The first kappa shape index (κ1) is 21.5. The fraction of sp³-hybridized carbons (Fsp3) is 0.364. The lowest BCUT2D eigenvalue weighted by atomic mass is 9.87. The number of benzene rings is 2. The average Bonchev–Trinajstić information content (AvgIpc) is 2.91. The molecule has 1 atom stereocenters. The maximum Gasteiger partial charge on any atom is 0.254 e. The van der Waals surface area contributed by atoms with Gasteiger partial charge in [0.1, 0.15) is 18.4 Å². The summed E-state index contributed by atoms with van der Waals surface area (Å²) in [5.41, 5.74) is 2.33. The summed E-state index contributed by atoms with van der Waals surface area (Å²) in [6.45, 7) is 8.37. The molecular formula is C22H24Cl2N2O3. The van der Waals surface area contributed by atoms with Crippen molar-refractivity contribution in [3.63, 3.8) is 0 Å². The van der Waals surface area contributed by atoms with Gasteiger partial charge in [0, 0.05) is 17.5 Å². The highest BCUT2D eigenvalue weighted by Crippen LogP contribution is 2.44. The number of rotatable bonds is 5. The van der Waals surface area contributed by atoms with Gasteiger partial charge in [0.15, 0.2) is 0 Å². The first-order valence-corrected chi connectivity index (χ1v) is 10.1. The second kappa shape index (κ2) is 8.25. The molecule has 3 rings (SSSR count). The number of hydrogen-bond donors (Lipinski definition) is 1. The van der Waals surface area contributed by atoms with E-state index in [1.807, 2.05) is 24.3 Å². The van der Waals surface area contributed by atoms with Crippen LogP contribution in [0.5, 0.6) is 5.75 Å². The molecule has 0 bridgehead atoms. The van der Waals surface area contributed by atoms with Crippen LogP contribution in [0.25, 0.3) is 0 Å². The number of hydrogen-bond acceptors (Lipinski definition) is 3. The van der Waals surface area contributed by atoms with Crippen molar-refractivity contribution in [1.82, 2.24) is 5.32 Å². The van der Waals surface area contributed by atoms with Gasteiger partial charge in [-0.15, -0.1) is 0 Å². The zero-order valence-corrected chi connectivity index (χ0v) is 18.4. The number of halogens is 2. The smallest absolute Gasteiger partial charge is 0.254 e. The minimum Gasteiger partial charge on any atom is -0.492 e. The lowest BCUT2D eigenvalue weighted by molar-refractivity contribution is -0.126. The summed E-state index contributed by atoms with van der Waals surface area (Å²) in [6, 6.07) is 10.3. The van der Waals surface area contributed by atoms with Crippen molar-refractivity contribution in [3.8, 4) is 5.75 Å². The summed E-state index contributed by atoms with van der Waals surface area (Å²) in [5, 5.41) is 3.45. The molecule has 0 fully saturated rings. The summed E-state index contributed by atoms with van der Waals surface area (Å²) in [4.78, 5) is 26.0. The molecule has 1 aliphatic rings. The second-order valence-corrected chi connectivity index (χ2v) is 8.85. The first-order chi connectivity index (χ1) is 13.6. The zero-order chi connectivity index (χ0) is 21.3. The summed E-state index contributed by atoms with van der Waals surface area (Å²) in [6.07, 6.45) is 0. The van der Waals surface area contributed by atoms with Crippen molar-refractivity contribution in [2.45, 2.75) is 39.2 Å². The lowest BCUT2D eigenvalue weighted by Gasteiger charge is -2.20. The molecule has 1 heterocycles. The fourth-order valence-corrected chi connectivity index (χ4v) is 3.89. The number of anilines is 1. The van der Waals surface area contributed by atoms with Crippen LogP contribution in [0, 0.1) is 0 Å². The minimum atomic E-state index is -0.847. The Kier molecular flexibility index (Phi) is 6.11. The van der Waals surface area contributed by atoms with E-state index >= 15 is 0 Å². The Bertz CT molecular complexity index is 936. The van der Waals surface area contributed by atoms with E-state index in [-0.39, 0.29) is 30.4 Å². The van der Waals surface area contributed by atoms with E-state index < -0.39 is 6.04 Å². The van der Waals surface area contributed by atoms with E-state index in [0.717, 1.165) is 5.75 Å². The highest BCUT2D eigenvalue weighted by Gasteiger charge is 2.40. The molecule has 0 saturated heterocycles. The first-order valence-electron chi connectivity index (χ1n) is 9.39. The van der Waals surface area contributed by atoms with Gasteiger partial charge in [-0.05, 0) is 35.2 Å². The molecule has 1 aliphatic heterocycles. The van der Waals surface area contributed by atoms with E-state index in [9.17, 15) is 9.59 Å². The highest BCUT2D eigenvalue weighted by atomic mass is 35.5. The zero-order valence-electron chi connectivity index (χ0n) is 16.9. The molecule has 2 aromatic carbocycles. The van der Waals surface area contributed by atoms with Gasteiger partial charge in [0.25, 0.3) is 5.91 Å². The van der Waals surface area contributed by atoms with E-state index in [0.29, 0.717) is 21.3 Å². The Morgan fingerprint density at radius 1 is 1.10 bits per heavy atom. The number of carbonyl (C=O) groups excluding carboxylic acids is 2. The highest BCUT2D eigenvalue weighted by molar-refractivity contribution is 6.38. The number of nitrogens with zero attached hydrogens (tertiary/aromatic N) is 1. The molecule has 7 heteroatoms. The van der Waals surface area contributed by atoms with Gasteiger partial charge in [-0.2, -0.15) is 0 Å². The Hall–Kier alpha value is -2.24. The van der Waals surface area contributed by atoms with Crippen LogP contribution in [0.1, 0.15) is 44.9 Å². The normalized spacial score (nSPS) is 16.0. The van der Waals surface area contributed by atoms with Crippen molar-refractivity contribution >= 4 is 40.7 Å². The van der Waals surface area contributed by atoms with Gasteiger partial charge in [-0.25, -0.2) is 0 Å². The molecule has 2 aromatic rings. The van der Waals surface area contributed by atoms with Crippen molar-refractivity contribution < 1.29 is 14.3 Å². The van der Waals surface area contributed by atoms with E-state index in [4.69, 9.17) is 27.9 Å². The Balaban J connectivity index is 1.75. The molecule has 0 spiro atoms. The number of nitrogens with one attached hydrogen (secondary N) is 1. The predicted octanol–water partition coefficient (Wildman–Crippen LogP) is 4.89. The average molecular weight is 435 g/mol. The van der Waals surface area contributed by atoms with Gasteiger partial charge < -0.3 is 15.0 Å². The number of ether oxygens (including phenoxy) is 1. The molecule has 0 aliphatic carbocycles. The summed E-state index contributed by atoms with van der Waals surface area (Å²) in [7, 11) is 0. The molecule has 1 unspecified atom stereocenters. The Morgan fingerprint density at radius 2 is 1.72 bits per heavy atom. The SMILES string of the molecule is CC(=O)NC1C(=O)N(CCOc2ccc(C(C)(C)C)cc2)c2c(Cl)ccc(Cl)c21. The van der Waals surface area contributed by atoms with Crippen molar-refractivity contribution in [2.24, 2.45) is 0 Å². The van der Waals surface area contributed by atoms with Crippen LogP contribution in [0.15, 0.2) is 36.4 Å². The van der Waals surface area contributed by atoms with Crippen LogP contribution in [0.4, 0.5) is 5.69 Å². The van der Waals surface area contributed by atoms with Gasteiger partial charge in [-0.3, -0.25) is 9.59 Å². The van der Waals surface area contributed by atoms with E-state index in [1.54, 1.807) is 12.1 Å². The van der Waals surface area contributed by atoms with Crippen molar-refractivity contribution in [2.75, 3.05) is 18.1 Å². The maximum absolute atomic E-state index is 12.9. The number of fused-ring (bicyclic) bond motifs is 1. The largest absolute Gasteiger partial charge is 0.492 e. The number of amides is 2. The van der Waals surface area contributed by atoms with E-state index in [1.165, 1.54) is 17.4 Å². The number of carbonyl (C=O) groups is 2. The topological polar surface area (TPSA) is 58.6 Å². The lowest BCUT2D eigenvalue weighted by Crippen LogP contribution is -2.38. The third-order valence-electron chi connectivity index (χ3n) is 4.84. The Labute approximate surface area is 180 Å². The van der Waals surface area contributed by atoms with Gasteiger partial charge in [0.05, 0.1) is 17.3 Å². The monoisotopic (exact) mass is 434 g/mol. The second-order valence-electron chi connectivity index (χ2n) is 8.04. The molecule has 0 aromatic heterocycles. The summed E-state index contributed by atoms with van der Waals surface area (Å²) >= 11 is 12.7. The van der Waals surface area contributed by atoms with Crippen LogP contribution >= 0.6 is 23.2 Å². The molecular weight excluding hydrogens is 411 g/mol. The summed E-state index contributed by atoms with van der Waals surface area (Å²) in [5.74, 6) is 0.125. The maximum atomic E-state index is 12.9. The fourth-order valence-electron chi connectivity index (χ4n) is 3.36. The van der Waals surface area contributed by atoms with E-state index in [2.05, 4.69) is 26.1 Å². The molecule has 29 heavy (non-hydrogen) atoms. The van der Waals surface area contributed by atoms with Crippen LogP contribution < -0.4 is 15.0 Å². The minimum absolute atomic E-state index is 0.0684. The molecule has 0 radical (unpaired) electrons. The van der Waals surface area contributed by atoms with Crippen LogP contribution in [0.3, 0.4) is 0 Å². The molecule has 5 nitrogen and oxygen atoms in total. The molecule has 154 valence electrons. The molecule has 2 amide bonds. The van der Waals surface area contributed by atoms with Gasteiger partial charge in [0.2, 0.25) is 5.91 Å².